The second-order valence-corrected chi connectivity index (χ2v) is 4.62. The van der Waals surface area contributed by atoms with Crippen LogP contribution in [0.25, 0.3) is 0 Å². The zero-order valence-electron chi connectivity index (χ0n) is 11.1. The standard InChI is InChI=1S/C13H16F2N2O3/c1-7(2)11(12(18)19)17-13(20)16-6-8-5-9(14)3-4-10(8)15/h3-5,7,11H,6H2,1-2H3,(H,18,19)(H2,16,17,20)/t11-/m1/s1. The van der Waals surface area contributed by atoms with Gasteiger partial charge in [-0.1, -0.05) is 13.8 Å². The first-order valence-electron chi connectivity index (χ1n) is 6.02. The fraction of sp³-hybridized carbons (Fsp3) is 0.385. The maximum Gasteiger partial charge on any atom is 0.326 e. The van der Waals surface area contributed by atoms with E-state index < -0.39 is 29.7 Å². The van der Waals surface area contributed by atoms with E-state index in [1.807, 2.05) is 0 Å². The molecule has 0 heterocycles. The Hall–Kier alpha value is -2.18. The van der Waals surface area contributed by atoms with Crippen LogP contribution < -0.4 is 10.6 Å². The lowest BCUT2D eigenvalue weighted by Gasteiger charge is -2.18. The predicted octanol–water partition coefficient (Wildman–Crippen LogP) is 1.87. The summed E-state index contributed by atoms with van der Waals surface area (Å²) in [6.07, 6.45) is 0. The number of carboxylic acid groups (broad SMARTS) is 1. The molecule has 0 radical (unpaired) electrons. The summed E-state index contributed by atoms with van der Waals surface area (Å²) >= 11 is 0. The molecule has 1 atom stereocenters. The average Bonchev–Trinajstić information content (AvgIpc) is 2.36. The van der Waals surface area contributed by atoms with Gasteiger partial charge in [-0.2, -0.15) is 0 Å². The van der Waals surface area contributed by atoms with E-state index in [0.29, 0.717) is 0 Å². The first-order chi connectivity index (χ1) is 9.31. The Morgan fingerprint density at radius 3 is 2.50 bits per heavy atom. The van der Waals surface area contributed by atoms with Gasteiger partial charge in [0.15, 0.2) is 0 Å². The van der Waals surface area contributed by atoms with E-state index in [1.165, 1.54) is 0 Å². The van der Waals surface area contributed by atoms with Crippen molar-refractivity contribution in [3.63, 3.8) is 0 Å². The van der Waals surface area contributed by atoms with Gasteiger partial charge in [0.25, 0.3) is 0 Å². The summed E-state index contributed by atoms with van der Waals surface area (Å²) in [5.41, 5.74) is -0.0171. The number of urea groups is 1. The van der Waals surface area contributed by atoms with E-state index in [2.05, 4.69) is 10.6 Å². The molecule has 0 aliphatic rings. The van der Waals surface area contributed by atoms with Gasteiger partial charge in [0.05, 0.1) is 0 Å². The number of aliphatic carboxylic acids is 1. The Morgan fingerprint density at radius 2 is 1.95 bits per heavy atom. The minimum absolute atomic E-state index is 0.0171. The van der Waals surface area contributed by atoms with Crippen LogP contribution >= 0.6 is 0 Å². The van der Waals surface area contributed by atoms with Crippen molar-refractivity contribution >= 4 is 12.0 Å². The molecule has 0 aliphatic heterocycles. The third-order valence-electron chi connectivity index (χ3n) is 2.67. The molecule has 0 fully saturated rings. The Bertz CT molecular complexity index is 506. The molecule has 1 aromatic carbocycles. The number of hydrogen-bond acceptors (Lipinski definition) is 2. The van der Waals surface area contributed by atoms with Gasteiger partial charge in [0.1, 0.15) is 17.7 Å². The van der Waals surface area contributed by atoms with Crippen LogP contribution in [0.3, 0.4) is 0 Å². The van der Waals surface area contributed by atoms with Gasteiger partial charge in [0, 0.05) is 12.1 Å². The van der Waals surface area contributed by atoms with Gasteiger partial charge in [-0.15, -0.1) is 0 Å². The number of nitrogens with one attached hydrogen (secondary N) is 2. The van der Waals surface area contributed by atoms with Crippen molar-refractivity contribution in [2.75, 3.05) is 0 Å². The lowest BCUT2D eigenvalue weighted by Crippen LogP contribution is -2.48. The van der Waals surface area contributed by atoms with Gasteiger partial charge in [-0.3, -0.25) is 0 Å². The van der Waals surface area contributed by atoms with Crippen molar-refractivity contribution in [1.29, 1.82) is 0 Å². The molecule has 1 aromatic rings. The zero-order chi connectivity index (χ0) is 15.3. The molecule has 110 valence electrons. The third-order valence-corrected chi connectivity index (χ3v) is 2.67. The summed E-state index contributed by atoms with van der Waals surface area (Å²) in [6, 6.07) is 1.09. The summed E-state index contributed by atoms with van der Waals surface area (Å²) in [5.74, 6) is -2.73. The topological polar surface area (TPSA) is 78.4 Å². The van der Waals surface area contributed by atoms with Crippen LogP contribution in [-0.2, 0) is 11.3 Å². The third kappa shape index (κ3) is 4.49. The van der Waals surface area contributed by atoms with Gasteiger partial charge >= 0.3 is 12.0 Å². The monoisotopic (exact) mass is 286 g/mol. The number of benzene rings is 1. The molecule has 1 rings (SSSR count). The highest BCUT2D eigenvalue weighted by Crippen LogP contribution is 2.09. The van der Waals surface area contributed by atoms with E-state index in [0.717, 1.165) is 18.2 Å². The fourth-order valence-electron chi connectivity index (χ4n) is 1.56. The fourth-order valence-corrected chi connectivity index (χ4v) is 1.56. The number of hydrogen-bond donors (Lipinski definition) is 3. The van der Waals surface area contributed by atoms with Crippen LogP contribution in [0.2, 0.25) is 0 Å². The highest BCUT2D eigenvalue weighted by atomic mass is 19.1. The number of rotatable bonds is 5. The number of halogens is 2. The lowest BCUT2D eigenvalue weighted by atomic mass is 10.1. The van der Waals surface area contributed by atoms with Crippen LogP contribution in [0.5, 0.6) is 0 Å². The van der Waals surface area contributed by atoms with E-state index in [4.69, 9.17) is 5.11 Å². The highest BCUT2D eigenvalue weighted by Gasteiger charge is 2.23. The second kappa shape index (κ2) is 6.83. The van der Waals surface area contributed by atoms with Crippen molar-refractivity contribution in [1.82, 2.24) is 10.6 Å². The largest absolute Gasteiger partial charge is 0.480 e. The van der Waals surface area contributed by atoms with Crippen molar-refractivity contribution in [2.24, 2.45) is 5.92 Å². The Balaban J connectivity index is 2.59. The molecule has 3 N–H and O–H groups in total. The van der Waals surface area contributed by atoms with Crippen LogP contribution in [0.1, 0.15) is 19.4 Å². The molecule has 7 heteroatoms. The molecule has 0 spiro atoms. The lowest BCUT2D eigenvalue weighted by molar-refractivity contribution is -0.140. The second-order valence-electron chi connectivity index (χ2n) is 4.62. The minimum atomic E-state index is -1.16. The molecular formula is C13H16F2N2O3. The maximum atomic E-state index is 13.3. The zero-order valence-corrected chi connectivity index (χ0v) is 11.1. The van der Waals surface area contributed by atoms with Crippen LogP contribution in [0, 0.1) is 17.6 Å². The molecule has 0 unspecified atom stereocenters. The first-order valence-corrected chi connectivity index (χ1v) is 6.02. The van der Waals surface area contributed by atoms with Crippen molar-refractivity contribution in [3.8, 4) is 0 Å². The van der Waals surface area contributed by atoms with Crippen LogP contribution in [-0.4, -0.2) is 23.1 Å². The Labute approximate surface area is 115 Å². The summed E-state index contributed by atoms with van der Waals surface area (Å²) < 4.78 is 26.2. The van der Waals surface area contributed by atoms with Gasteiger partial charge < -0.3 is 15.7 Å². The van der Waals surface area contributed by atoms with Gasteiger partial charge in [0.2, 0.25) is 0 Å². The molecule has 2 amide bonds. The molecule has 0 saturated carbocycles. The van der Waals surface area contributed by atoms with Crippen LogP contribution in [0.4, 0.5) is 13.6 Å². The number of carbonyl (C=O) groups is 2. The Morgan fingerprint density at radius 1 is 1.30 bits per heavy atom. The molecule has 20 heavy (non-hydrogen) atoms. The summed E-state index contributed by atoms with van der Waals surface area (Å²) in [7, 11) is 0. The summed E-state index contributed by atoms with van der Waals surface area (Å²) in [5, 5.41) is 13.4. The average molecular weight is 286 g/mol. The normalized spacial score (nSPS) is 12.1. The Kier molecular flexibility index (Phi) is 5.42. The van der Waals surface area contributed by atoms with E-state index in [1.54, 1.807) is 13.8 Å². The number of carbonyl (C=O) groups excluding carboxylic acids is 1. The van der Waals surface area contributed by atoms with Crippen molar-refractivity contribution in [3.05, 3.63) is 35.4 Å². The molecule has 0 aromatic heterocycles. The number of carboxylic acids is 1. The predicted molar refractivity (Wildman–Crippen MR) is 68.0 cm³/mol. The summed E-state index contributed by atoms with van der Waals surface area (Å²) in [6.45, 7) is 3.05. The van der Waals surface area contributed by atoms with Gasteiger partial charge in [-0.05, 0) is 24.1 Å². The molecular weight excluding hydrogens is 270 g/mol. The first kappa shape index (κ1) is 15.9. The van der Waals surface area contributed by atoms with Crippen LogP contribution in [0.15, 0.2) is 18.2 Å². The minimum Gasteiger partial charge on any atom is -0.480 e. The molecule has 5 nitrogen and oxygen atoms in total. The van der Waals surface area contributed by atoms with E-state index in [-0.39, 0.29) is 18.0 Å². The smallest absolute Gasteiger partial charge is 0.326 e. The molecule has 0 saturated heterocycles. The molecule has 0 aliphatic carbocycles. The van der Waals surface area contributed by atoms with E-state index >= 15 is 0 Å². The van der Waals surface area contributed by atoms with Gasteiger partial charge in [-0.25, -0.2) is 18.4 Å². The van der Waals surface area contributed by atoms with Crippen molar-refractivity contribution in [2.45, 2.75) is 26.4 Å². The quantitative estimate of drug-likeness (QED) is 0.773. The van der Waals surface area contributed by atoms with E-state index in [9.17, 15) is 18.4 Å². The maximum absolute atomic E-state index is 13.3. The highest BCUT2D eigenvalue weighted by molar-refractivity contribution is 5.82. The SMILES string of the molecule is CC(C)[C@@H](NC(=O)NCc1cc(F)ccc1F)C(=O)O. The molecule has 0 bridgehead atoms. The summed E-state index contributed by atoms with van der Waals surface area (Å²) in [4.78, 5) is 22.4. The number of amides is 2. The van der Waals surface area contributed by atoms with Crippen molar-refractivity contribution < 1.29 is 23.5 Å².